The summed E-state index contributed by atoms with van der Waals surface area (Å²) in [6, 6.07) is 14.3. The molecule has 6 rings (SSSR count). The lowest BCUT2D eigenvalue weighted by atomic mass is 10.0. The molecule has 1 N–H and O–H groups in total. The predicted molar refractivity (Wildman–Crippen MR) is 162 cm³/mol. The van der Waals surface area contributed by atoms with Gasteiger partial charge in [-0.25, -0.2) is 14.6 Å². The largest absolute Gasteiger partial charge is 0.487 e. The number of anilines is 3. The standard InChI is InChI=1S/C30H33ClN10O2/c1-21(19-41-20-35-37-38-41)43-29-14-22(2-3-23(29)16-32)24-17-33-30(34-18-24)36-28-5-4-26(15-27(28)31)39-8-6-25(7-9-39)40-10-12-42-13-11-40/h2-5,14-15,17-18,20-21,25H,6-13,19H2,1H3,(H,33,34,36)/t21-/m0/s1. The van der Waals surface area contributed by atoms with Crippen LogP contribution in [0.15, 0.2) is 55.1 Å². The highest BCUT2D eigenvalue weighted by atomic mass is 35.5. The number of nitrogens with one attached hydrogen (secondary N) is 1. The molecule has 0 saturated carbocycles. The summed E-state index contributed by atoms with van der Waals surface area (Å²) in [5, 5.41) is 24.6. The van der Waals surface area contributed by atoms with Gasteiger partial charge in [-0.2, -0.15) is 5.26 Å². The Bertz CT molecular complexity index is 1550. The molecule has 0 amide bonds. The molecule has 1 atom stereocenters. The van der Waals surface area contributed by atoms with E-state index in [1.807, 2.05) is 31.2 Å². The maximum atomic E-state index is 9.58. The Kier molecular flexibility index (Phi) is 8.93. The summed E-state index contributed by atoms with van der Waals surface area (Å²) >= 11 is 6.69. The molecule has 12 nitrogen and oxygen atoms in total. The van der Waals surface area contributed by atoms with Crippen LogP contribution in [-0.2, 0) is 11.3 Å². The summed E-state index contributed by atoms with van der Waals surface area (Å²) in [6.07, 6.45) is 7.01. The Hall–Kier alpha value is -4.31. The summed E-state index contributed by atoms with van der Waals surface area (Å²) in [4.78, 5) is 14.0. The number of ether oxygens (including phenoxy) is 2. The molecule has 43 heavy (non-hydrogen) atoms. The molecule has 2 aromatic heterocycles. The molecule has 2 saturated heterocycles. The van der Waals surface area contributed by atoms with Gasteiger partial charge in [0.05, 0.1) is 36.0 Å². The fraction of sp³-hybridized carbons (Fsp3) is 0.400. The van der Waals surface area contributed by atoms with E-state index < -0.39 is 0 Å². The molecule has 0 bridgehead atoms. The van der Waals surface area contributed by atoms with E-state index >= 15 is 0 Å². The maximum Gasteiger partial charge on any atom is 0.227 e. The van der Waals surface area contributed by atoms with Crippen LogP contribution in [0.1, 0.15) is 25.3 Å². The average molecular weight is 601 g/mol. The molecule has 0 radical (unpaired) electrons. The highest BCUT2D eigenvalue weighted by molar-refractivity contribution is 6.33. The van der Waals surface area contributed by atoms with Gasteiger partial charge in [0.25, 0.3) is 0 Å². The third-order valence-corrected chi connectivity index (χ3v) is 8.15. The van der Waals surface area contributed by atoms with Crippen LogP contribution in [0.25, 0.3) is 11.1 Å². The number of hydrogen-bond donors (Lipinski definition) is 1. The van der Waals surface area contributed by atoms with Crippen molar-refractivity contribution in [1.82, 2.24) is 35.1 Å². The van der Waals surface area contributed by atoms with Gasteiger partial charge in [0.2, 0.25) is 5.95 Å². The van der Waals surface area contributed by atoms with Gasteiger partial charge in [-0.1, -0.05) is 17.7 Å². The van der Waals surface area contributed by atoms with Crippen molar-refractivity contribution in [1.29, 1.82) is 5.26 Å². The van der Waals surface area contributed by atoms with Gasteiger partial charge in [0, 0.05) is 55.9 Å². The molecular formula is C30H33ClN10O2. The van der Waals surface area contributed by atoms with Crippen molar-refractivity contribution in [2.24, 2.45) is 0 Å². The van der Waals surface area contributed by atoms with Gasteiger partial charge >= 0.3 is 0 Å². The maximum absolute atomic E-state index is 9.58. The van der Waals surface area contributed by atoms with Crippen LogP contribution in [0.5, 0.6) is 5.75 Å². The van der Waals surface area contributed by atoms with Crippen molar-refractivity contribution >= 4 is 28.9 Å². The average Bonchev–Trinajstić information content (AvgIpc) is 3.56. The van der Waals surface area contributed by atoms with Gasteiger partial charge in [0.1, 0.15) is 24.3 Å². The van der Waals surface area contributed by atoms with Crippen LogP contribution in [0.2, 0.25) is 5.02 Å². The Morgan fingerprint density at radius 3 is 2.56 bits per heavy atom. The minimum atomic E-state index is -0.258. The molecule has 222 valence electrons. The smallest absolute Gasteiger partial charge is 0.227 e. The predicted octanol–water partition coefficient (Wildman–Crippen LogP) is 4.17. The fourth-order valence-electron chi connectivity index (χ4n) is 5.57. The summed E-state index contributed by atoms with van der Waals surface area (Å²) in [6.45, 7) is 8.11. The van der Waals surface area contributed by atoms with E-state index in [4.69, 9.17) is 21.1 Å². The van der Waals surface area contributed by atoms with E-state index in [1.54, 1.807) is 23.1 Å². The minimum Gasteiger partial charge on any atom is -0.487 e. The van der Waals surface area contributed by atoms with E-state index in [9.17, 15) is 5.26 Å². The first-order chi connectivity index (χ1) is 21.1. The van der Waals surface area contributed by atoms with Crippen LogP contribution >= 0.6 is 11.6 Å². The van der Waals surface area contributed by atoms with Crippen LogP contribution in [0, 0.1) is 11.3 Å². The summed E-state index contributed by atoms with van der Waals surface area (Å²) in [5.41, 5.74) is 3.92. The number of nitrogens with zero attached hydrogens (tertiary/aromatic N) is 9. The van der Waals surface area contributed by atoms with Crippen molar-refractivity contribution in [2.75, 3.05) is 49.6 Å². The normalized spacial score (nSPS) is 16.9. The van der Waals surface area contributed by atoms with Gasteiger partial charge in [-0.15, -0.1) is 5.10 Å². The quantitative estimate of drug-likeness (QED) is 0.297. The van der Waals surface area contributed by atoms with E-state index in [-0.39, 0.29) is 6.10 Å². The lowest BCUT2D eigenvalue weighted by Crippen LogP contribution is -2.49. The van der Waals surface area contributed by atoms with Crippen molar-refractivity contribution in [3.63, 3.8) is 0 Å². The zero-order valence-electron chi connectivity index (χ0n) is 23.9. The zero-order valence-corrected chi connectivity index (χ0v) is 24.7. The number of hydrogen-bond acceptors (Lipinski definition) is 11. The molecule has 13 heteroatoms. The number of piperidine rings is 1. The topological polar surface area (TPSA) is 130 Å². The first-order valence-corrected chi connectivity index (χ1v) is 14.8. The summed E-state index contributed by atoms with van der Waals surface area (Å²) < 4.78 is 13.1. The molecule has 4 heterocycles. The zero-order chi connectivity index (χ0) is 29.6. The Morgan fingerprint density at radius 2 is 1.86 bits per heavy atom. The molecule has 0 unspecified atom stereocenters. The molecule has 0 spiro atoms. The first kappa shape index (κ1) is 28.8. The second kappa shape index (κ2) is 13.3. The molecular weight excluding hydrogens is 568 g/mol. The van der Waals surface area contributed by atoms with Crippen molar-refractivity contribution in [3.8, 4) is 22.9 Å². The van der Waals surface area contributed by atoms with Gasteiger partial charge in [-0.3, -0.25) is 4.90 Å². The van der Waals surface area contributed by atoms with E-state index in [2.05, 4.69) is 52.7 Å². The van der Waals surface area contributed by atoms with E-state index in [0.29, 0.717) is 34.9 Å². The number of halogens is 1. The highest BCUT2D eigenvalue weighted by Gasteiger charge is 2.26. The van der Waals surface area contributed by atoms with Crippen LogP contribution in [-0.4, -0.2) is 86.6 Å². The molecule has 2 aliphatic rings. The lowest BCUT2D eigenvalue weighted by Gasteiger charge is -2.40. The Morgan fingerprint density at radius 1 is 1.07 bits per heavy atom. The number of rotatable bonds is 9. The van der Waals surface area contributed by atoms with Crippen molar-refractivity contribution in [3.05, 3.63) is 65.7 Å². The number of aromatic nitrogens is 6. The van der Waals surface area contributed by atoms with Crippen molar-refractivity contribution < 1.29 is 9.47 Å². The second-order valence-corrected chi connectivity index (χ2v) is 11.1. The number of benzene rings is 2. The minimum absolute atomic E-state index is 0.258. The third-order valence-electron chi connectivity index (χ3n) is 7.84. The third kappa shape index (κ3) is 7.02. The summed E-state index contributed by atoms with van der Waals surface area (Å²) in [7, 11) is 0. The lowest BCUT2D eigenvalue weighted by molar-refractivity contribution is 0.0115. The monoisotopic (exact) mass is 600 g/mol. The van der Waals surface area contributed by atoms with Gasteiger partial charge < -0.3 is 19.7 Å². The molecule has 2 aliphatic heterocycles. The van der Waals surface area contributed by atoms with E-state index in [0.717, 1.165) is 74.7 Å². The Balaban J connectivity index is 1.08. The van der Waals surface area contributed by atoms with Gasteiger partial charge in [-0.05, 0) is 66.1 Å². The summed E-state index contributed by atoms with van der Waals surface area (Å²) in [5.74, 6) is 0.907. The SMILES string of the molecule is C[C@@H](Cn1cnnn1)Oc1cc(-c2cnc(Nc3ccc(N4CCC(N5CCOCC5)CC4)cc3Cl)nc2)ccc1C#N. The first-order valence-electron chi connectivity index (χ1n) is 14.4. The second-order valence-electron chi connectivity index (χ2n) is 10.7. The molecule has 4 aromatic rings. The number of nitriles is 1. The van der Waals surface area contributed by atoms with Crippen LogP contribution in [0.3, 0.4) is 0 Å². The number of tetrazole rings is 1. The Labute approximate surface area is 255 Å². The molecule has 2 aromatic carbocycles. The molecule has 2 fully saturated rings. The number of morpholine rings is 1. The van der Waals surface area contributed by atoms with Crippen LogP contribution in [0.4, 0.5) is 17.3 Å². The fourth-order valence-corrected chi connectivity index (χ4v) is 5.79. The highest BCUT2D eigenvalue weighted by Crippen LogP contribution is 2.32. The van der Waals surface area contributed by atoms with Gasteiger partial charge in [0.15, 0.2) is 0 Å². The van der Waals surface area contributed by atoms with Crippen LogP contribution < -0.4 is 15.0 Å². The van der Waals surface area contributed by atoms with E-state index in [1.165, 1.54) is 6.33 Å². The van der Waals surface area contributed by atoms with Crippen molar-refractivity contribution in [2.45, 2.75) is 38.5 Å². The molecule has 0 aliphatic carbocycles.